The number of nitrogens with one attached hydrogen (secondary N) is 2. The normalized spacial score (nSPS) is 20.8. The molecule has 16 nitrogen and oxygen atoms in total. The zero-order valence-corrected chi connectivity index (χ0v) is 30.6. The molecule has 3 aromatic heterocycles. The van der Waals surface area contributed by atoms with Crippen LogP contribution in [0.4, 0.5) is 11.4 Å². The van der Waals surface area contributed by atoms with Crippen LogP contribution in [-0.4, -0.2) is 109 Å². The van der Waals surface area contributed by atoms with Gasteiger partial charge in [0.15, 0.2) is 5.65 Å². The van der Waals surface area contributed by atoms with E-state index in [2.05, 4.69) is 41.4 Å². The number of imide groups is 2. The number of nitrogens with zero attached hydrogens (tertiary/aromatic N) is 8. The maximum atomic E-state index is 13.4. The van der Waals surface area contributed by atoms with Gasteiger partial charge >= 0.3 is 0 Å². The highest BCUT2D eigenvalue weighted by atomic mass is 16.5. The maximum absolute atomic E-state index is 13.4. The number of fused-ring (bicyclic) bond motifs is 3. The molecule has 1 aliphatic carbocycles. The van der Waals surface area contributed by atoms with Gasteiger partial charge in [0.1, 0.15) is 17.4 Å². The summed E-state index contributed by atoms with van der Waals surface area (Å²) in [7, 11) is 0. The zero-order chi connectivity index (χ0) is 38.1. The summed E-state index contributed by atoms with van der Waals surface area (Å²) in [6.45, 7) is 5.18. The van der Waals surface area contributed by atoms with Gasteiger partial charge in [-0.1, -0.05) is 0 Å². The van der Waals surface area contributed by atoms with E-state index in [0.717, 1.165) is 79.9 Å². The minimum Gasteiger partial charge on any atom is -0.491 e. The van der Waals surface area contributed by atoms with Crippen LogP contribution in [0.25, 0.3) is 16.6 Å². The van der Waals surface area contributed by atoms with Gasteiger partial charge in [0.05, 0.1) is 41.2 Å². The standard InChI is InChI=1S/C40H40N10O6/c51-35-7-6-33(38(53)44-35)50-39(54)28-5-4-27(15-29(28)40(50)55)47-19-24(20-47)18-46-12-8-26(9-13-46)49-21-25-14-32(34(16-31(25)45-49)56-22-23-2-3-23)43-37(52)30-17-42-48-11-1-10-41-36(30)48/h1,4-5,10-11,14-17,21,23-24,26,33H,2-3,6-9,12-13,18-20,22H2,(H,43,52)(H,44,51,53). The molecular formula is C40H40N10O6. The third kappa shape index (κ3) is 6.23. The van der Waals surface area contributed by atoms with Crippen LogP contribution in [0.3, 0.4) is 0 Å². The third-order valence-corrected chi connectivity index (χ3v) is 11.8. The lowest BCUT2D eigenvalue weighted by molar-refractivity contribution is -0.136. The molecule has 5 aromatic rings. The first-order valence-electron chi connectivity index (χ1n) is 19.3. The first-order valence-corrected chi connectivity index (χ1v) is 19.3. The third-order valence-electron chi connectivity index (χ3n) is 11.8. The number of carbonyl (C=O) groups excluding carboxylic acids is 5. The predicted octanol–water partition coefficient (Wildman–Crippen LogP) is 3.29. The van der Waals surface area contributed by atoms with Gasteiger partial charge in [-0.2, -0.15) is 10.2 Å². The predicted molar refractivity (Wildman–Crippen MR) is 202 cm³/mol. The van der Waals surface area contributed by atoms with Crippen molar-refractivity contribution in [2.45, 2.75) is 50.6 Å². The van der Waals surface area contributed by atoms with Crippen molar-refractivity contribution in [3.8, 4) is 5.75 Å². The van der Waals surface area contributed by atoms with Gasteiger partial charge in [-0.3, -0.25) is 38.9 Å². The Hall–Kier alpha value is -6.16. The number of anilines is 2. The molecule has 2 aromatic carbocycles. The Morgan fingerprint density at radius 1 is 0.946 bits per heavy atom. The van der Waals surface area contributed by atoms with Gasteiger partial charge in [-0.05, 0) is 68.4 Å². The molecule has 3 saturated heterocycles. The fraction of sp³-hybridized carbons (Fsp3) is 0.400. The molecule has 0 bridgehead atoms. The Balaban J connectivity index is 0.757. The number of likely N-dealkylation sites (tertiary alicyclic amines) is 1. The topological polar surface area (TPSA) is 176 Å². The average molecular weight is 757 g/mol. The highest BCUT2D eigenvalue weighted by Gasteiger charge is 2.45. The Kier molecular flexibility index (Phi) is 8.31. The van der Waals surface area contributed by atoms with E-state index in [1.165, 1.54) is 6.20 Å². The molecule has 16 heteroatoms. The molecule has 1 unspecified atom stereocenters. The second kappa shape index (κ2) is 13.5. The van der Waals surface area contributed by atoms with Gasteiger partial charge in [0.25, 0.3) is 17.7 Å². The lowest BCUT2D eigenvalue weighted by Crippen LogP contribution is -2.54. The summed E-state index contributed by atoms with van der Waals surface area (Å²) in [5.74, 6) is -0.666. The van der Waals surface area contributed by atoms with Crippen LogP contribution in [0.15, 0.2) is 61.2 Å². The molecule has 2 N–H and O–H groups in total. The minimum absolute atomic E-state index is 0.0905. The summed E-state index contributed by atoms with van der Waals surface area (Å²) in [6.07, 6.45) is 11.4. The van der Waals surface area contributed by atoms with Crippen molar-refractivity contribution in [2.24, 2.45) is 11.8 Å². The molecule has 0 radical (unpaired) electrons. The first-order chi connectivity index (χ1) is 27.3. The molecule has 0 spiro atoms. The maximum Gasteiger partial charge on any atom is 0.262 e. The van der Waals surface area contributed by atoms with Crippen molar-refractivity contribution in [1.82, 2.24) is 39.5 Å². The molecule has 1 saturated carbocycles. The van der Waals surface area contributed by atoms with E-state index in [0.29, 0.717) is 52.2 Å². The van der Waals surface area contributed by atoms with Crippen LogP contribution in [0.1, 0.15) is 75.6 Å². The summed E-state index contributed by atoms with van der Waals surface area (Å²) in [4.78, 5) is 73.9. The molecule has 4 fully saturated rings. The Labute approximate surface area is 320 Å². The second-order valence-electron chi connectivity index (χ2n) is 15.7. The van der Waals surface area contributed by atoms with Crippen LogP contribution in [0, 0.1) is 11.8 Å². The molecule has 56 heavy (non-hydrogen) atoms. The molecule has 4 aliphatic heterocycles. The summed E-state index contributed by atoms with van der Waals surface area (Å²) >= 11 is 0. The number of aromatic nitrogens is 5. The number of hydrogen-bond acceptors (Lipinski definition) is 11. The summed E-state index contributed by atoms with van der Waals surface area (Å²) < 4.78 is 9.87. The smallest absolute Gasteiger partial charge is 0.262 e. The van der Waals surface area contributed by atoms with Crippen LogP contribution in [0.5, 0.6) is 5.75 Å². The highest BCUT2D eigenvalue weighted by molar-refractivity contribution is 6.23. The number of piperidine rings is 2. The van der Waals surface area contributed by atoms with Crippen molar-refractivity contribution in [3.63, 3.8) is 0 Å². The van der Waals surface area contributed by atoms with Gasteiger partial charge < -0.3 is 19.9 Å². The molecule has 7 heterocycles. The molecule has 5 aliphatic rings. The molecule has 286 valence electrons. The summed E-state index contributed by atoms with van der Waals surface area (Å²) in [6, 6.07) is 10.2. The van der Waals surface area contributed by atoms with Crippen molar-refractivity contribution < 1.29 is 28.7 Å². The van der Waals surface area contributed by atoms with E-state index < -0.39 is 29.7 Å². The van der Waals surface area contributed by atoms with Crippen molar-refractivity contribution in [1.29, 1.82) is 0 Å². The van der Waals surface area contributed by atoms with E-state index in [-0.39, 0.29) is 24.8 Å². The lowest BCUT2D eigenvalue weighted by atomic mass is 9.95. The van der Waals surface area contributed by atoms with E-state index in [1.807, 2.05) is 18.2 Å². The highest BCUT2D eigenvalue weighted by Crippen LogP contribution is 2.37. The van der Waals surface area contributed by atoms with E-state index in [1.54, 1.807) is 35.1 Å². The fourth-order valence-electron chi connectivity index (χ4n) is 8.43. The molecule has 1 atom stereocenters. The number of carbonyl (C=O) groups is 5. The molecular weight excluding hydrogens is 717 g/mol. The minimum atomic E-state index is -0.974. The monoisotopic (exact) mass is 756 g/mol. The second-order valence-corrected chi connectivity index (χ2v) is 15.7. The SMILES string of the molecule is O=C1CCC(N2C(=O)c3ccc(N4CC(CN5CCC(n6cc7cc(NC(=O)c8cnn9cccnc89)c(OCC8CC8)cc7n6)CC5)C4)cc3C2=O)C(=O)N1. The van der Waals surface area contributed by atoms with Crippen molar-refractivity contribution in [3.05, 3.63) is 77.9 Å². The van der Waals surface area contributed by atoms with E-state index >= 15 is 0 Å². The number of ether oxygens (including phenoxy) is 1. The number of benzene rings is 2. The van der Waals surface area contributed by atoms with Crippen LogP contribution in [-0.2, 0) is 9.59 Å². The van der Waals surface area contributed by atoms with Crippen LogP contribution >= 0.6 is 0 Å². The van der Waals surface area contributed by atoms with E-state index in [4.69, 9.17) is 9.84 Å². The first kappa shape index (κ1) is 34.3. The van der Waals surface area contributed by atoms with Crippen molar-refractivity contribution >= 4 is 57.5 Å². The Bertz CT molecular complexity index is 2440. The summed E-state index contributed by atoms with van der Waals surface area (Å²) in [5, 5.41) is 15.5. The number of hydrogen-bond donors (Lipinski definition) is 2. The quantitative estimate of drug-likeness (QED) is 0.200. The molecule has 5 amide bonds. The summed E-state index contributed by atoms with van der Waals surface area (Å²) in [5.41, 5.74) is 3.76. The largest absolute Gasteiger partial charge is 0.491 e. The molecule has 10 rings (SSSR count). The fourth-order valence-corrected chi connectivity index (χ4v) is 8.43. The zero-order valence-electron chi connectivity index (χ0n) is 30.6. The lowest BCUT2D eigenvalue weighted by Gasteiger charge is -2.44. The average Bonchev–Trinajstić information content (AvgIpc) is 3.68. The number of amides is 5. The number of rotatable bonds is 10. The van der Waals surface area contributed by atoms with Crippen molar-refractivity contribution in [2.75, 3.05) is 49.5 Å². The Morgan fingerprint density at radius 3 is 2.57 bits per heavy atom. The van der Waals surface area contributed by atoms with E-state index in [9.17, 15) is 24.0 Å². The van der Waals surface area contributed by atoms with Crippen LogP contribution in [0.2, 0.25) is 0 Å². The Morgan fingerprint density at radius 2 is 1.77 bits per heavy atom. The van der Waals surface area contributed by atoms with Crippen LogP contribution < -0.4 is 20.3 Å². The van der Waals surface area contributed by atoms with Gasteiger partial charge in [-0.15, -0.1) is 0 Å². The van der Waals surface area contributed by atoms with Gasteiger partial charge in [-0.25, -0.2) is 9.50 Å². The van der Waals surface area contributed by atoms with Gasteiger partial charge in [0, 0.05) is 80.8 Å². The van der Waals surface area contributed by atoms with Gasteiger partial charge in [0.2, 0.25) is 11.8 Å².